The van der Waals surface area contributed by atoms with Gasteiger partial charge in [-0.25, -0.2) is 4.68 Å². The Balaban J connectivity index is 1.74. The maximum absolute atomic E-state index is 12.6. The molecule has 22 heavy (non-hydrogen) atoms. The molecule has 0 aliphatic carbocycles. The van der Waals surface area contributed by atoms with Gasteiger partial charge in [0.25, 0.3) is 5.91 Å². The number of aromatic nitrogens is 2. The number of piperidine rings is 1. The zero-order valence-corrected chi connectivity index (χ0v) is 12.7. The molecule has 1 aromatic heterocycles. The lowest BCUT2D eigenvalue weighted by Crippen LogP contribution is -2.43. The van der Waals surface area contributed by atoms with Gasteiger partial charge >= 0.3 is 0 Å². The van der Waals surface area contributed by atoms with Gasteiger partial charge in [0.2, 0.25) is 0 Å². The number of carbonyl (C=O) groups excluding carboxylic acids is 1. The van der Waals surface area contributed by atoms with Gasteiger partial charge in [0.1, 0.15) is 0 Å². The van der Waals surface area contributed by atoms with Crippen LogP contribution < -0.4 is 0 Å². The Kier molecular flexibility index (Phi) is 4.24. The predicted molar refractivity (Wildman–Crippen MR) is 83.9 cm³/mol. The zero-order chi connectivity index (χ0) is 15.5. The van der Waals surface area contributed by atoms with Gasteiger partial charge in [-0.05, 0) is 38.0 Å². The number of hydrogen-bond donors (Lipinski definition) is 1. The molecular formula is C17H21N3O2. The molecule has 116 valence electrons. The molecule has 2 unspecified atom stereocenters. The summed E-state index contributed by atoms with van der Waals surface area (Å²) in [5.41, 5.74) is 1.39. The Labute approximate surface area is 130 Å². The third-order valence-corrected chi connectivity index (χ3v) is 4.26. The average molecular weight is 299 g/mol. The van der Waals surface area contributed by atoms with E-state index in [4.69, 9.17) is 0 Å². The van der Waals surface area contributed by atoms with E-state index in [1.807, 2.05) is 30.3 Å². The van der Waals surface area contributed by atoms with E-state index in [1.165, 1.54) is 0 Å². The second kappa shape index (κ2) is 6.32. The van der Waals surface area contributed by atoms with Gasteiger partial charge in [0, 0.05) is 25.2 Å². The van der Waals surface area contributed by atoms with Crippen LogP contribution in [0.3, 0.4) is 0 Å². The van der Waals surface area contributed by atoms with E-state index in [2.05, 4.69) is 5.10 Å². The summed E-state index contributed by atoms with van der Waals surface area (Å²) in [6.07, 6.45) is 3.33. The van der Waals surface area contributed by atoms with Crippen molar-refractivity contribution in [2.45, 2.75) is 25.9 Å². The first-order valence-corrected chi connectivity index (χ1v) is 7.73. The van der Waals surface area contributed by atoms with E-state index in [-0.39, 0.29) is 17.9 Å². The highest BCUT2D eigenvalue weighted by atomic mass is 16.3. The fraction of sp³-hybridized carbons (Fsp3) is 0.412. The topological polar surface area (TPSA) is 58.4 Å². The van der Waals surface area contributed by atoms with Gasteiger partial charge in [0.15, 0.2) is 5.69 Å². The average Bonchev–Trinajstić information content (AvgIpc) is 3.05. The number of rotatable bonds is 3. The highest BCUT2D eigenvalue weighted by Crippen LogP contribution is 2.21. The molecule has 2 aromatic rings. The maximum atomic E-state index is 12.6. The fourth-order valence-electron chi connectivity index (χ4n) is 2.91. The van der Waals surface area contributed by atoms with E-state index in [9.17, 15) is 9.90 Å². The summed E-state index contributed by atoms with van der Waals surface area (Å²) in [5, 5.41) is 14.1. The molecule has 1 aliphatic heterocycles. The second-order valence-corrected chi connectivity index (χ2v) is 5.88. The van der Waals surface area contributed by atoms with Crippen molar-refractivity contribution in [2.75, 3.05) is 13.1 Å². The van der Waals surface area contributed by atoms with E-state index in [1.54, 1.807) is 28.8 Å². The van der Waals surface area contributed by atoms with E-state index >= 15 is 0 Å². The van der Waals surface area contributed by atoms with Gasteiger partial charge in [0.05, 0.1) is 11.8 Å². The van der Waals surface area contributed by atoms with Crippen LogP contribution in [0, 0.1) is 5.92 Å². The van der Waals surface area contributed by atoms with Crippen molar-refractivity contribution >= 4 is 5.91 Å². The minimum absolute atomic E-state index is 0.0555. The lowest BCUT2D eigenvalue weighted by molar-refractivity contribution is 0.0461. The molecule has 5 nitrogen and oxygen atoms in total. The molecule has 1 aromatic carbocycles. The van der Waals surface area contributed by atoms with Crippen LogP contribution in [0.1, 0.15) is 30.3 Å². The highest BCUT2D eigenvalue weighted by molar-refractivity contribution is 5.92. The second-order valence-electron chi connectivity index (χ2n) is 5.88. The normalized spacial score (nSPS) is 19.9. The van der Waals surface area contributed by atoms with Gasteiger partial charge in [-0.1, -0.05) is 18.2 Å². The number of aliphatic hydroxyl groups excluding tert-OH is 1. The summed E-state index contributed by atoms with van der Waals surface area (Å²) >= 11 is 0. The van der Waals surface area contributed by atoms with E-state index in [0.29, 0.717) is 12.2 Å². The first-order valence-electron chi connectivity index (χ1n) is 7.73. The van der Waals surface area contributed by atoms with Crippen molar-refractivity contribution in [3.8, 4) is 5.69 Å². The largest absolute Gasteiger partial charge is 0.393 e. The molecule has 1 N–H and O–H groups in total. The number of likely N-dealkylation sites (tertiary alicyclic amines) is 1. The fourth-order valence-corrected chi connectivity index (χ4v) is 2.91. The molecule has 0 saturated carbocycles. The number of carbonyl (C=O) groups is 1. The van der Waals surface area contributed by atoms with E-state index < -0.39 is 0 Å². The van der Waals surface area contributed by atoms with Crippen LogP contribution in [0.4, 0.5) is 0 Å². The van der Waals surface area contributed by atoms with Crippen molar-refractivity contribution in [1.29, 1.82) is 0 Å². The molecule has 2 atom stereocenters. The molecule has 1 saturated heterocycles. The van der Waals surface area contributed by atoms with Crippen LogP contribution in [-0.4, -0.2) is 44.9 Å². The Hall–Kier alpha value is -2.14. The van der Waals surface area contributed by atoms with Crippen molar-refractivity contribution in [3.05, 3.63) is 48.3 Å². The van der Waals surface area contributed by atoms with Crippen LogP contribution in [0.25, 0.3) is 5.69 Å². The smallest absolute Gasteiger partial charge is 0.274 e. The highest BCUT2D eigenvalue weighted by Gasteiger charge is 2.28. The van der Waals surface area contributed by atoms with E-state index in [0.717, 1.165) is 25.1 Å². The first kappa shape index (κ1) is 14.8. The number of aliphatic hydroxyl groups is 1. The summed E-state index contributed by atoms with van der Waals surface area (Å²) in [5.74, 6) is 0.106. The van der Waals surface area contributed by atoms with Crippen LogP contribution in [-0.2, 0) is 0 Å². The number of nitrogens with zero attached hydrogens (tertiary/aromatic N) is 3. The number of amides is 1. The minimum Gasteiger partial charge on any atom is -0.393 e. The van der Waals surface area contributed by atoms with Gasteiger partial charge in [-0.2, -0.15) is 5.10 Å². The predicted octanol–water partition coefficient (Wildman–Crippen LogP) is 2.11. The first-order chi connectivity index (χ1) is 10.6. The Morgan fingerprint density at radius 1 is 1.32 bits per heavy atom. The van der Waals surface area contributed by atoms with Crippen molar-refractivity contribution in [2.24, 2.45) is 5.92 Å². The molecule has 3 rings (SSSR count). The quantitative estimate of drug-likeness (QED) is 0.944. The monoisotopic (exact) mass is 299 g/mol. The van der Waals surface area contributed by atoms with Crippen molar-refractivity contribution in [1.82, 2.24) is 14.7 Å². The molecule has 0 radical (unpaired) electrons. The molecule has 1 amide bonds. The SMILES string of the molecule is CC(O)C1CCCN(C(=O)c2ccn(-c3ccccc3)n2)C1. The third-order valence-electron chi connectivity index (χ3n) is 4.26. The van der Waals surface area contributed by atoms with Crippen molar-refractivity contribution in [3.63, 3.8) is 0 Å². The Morgan fingerprint density at radius 3 is 2.82 bits per heavy atom. The molecule has 2 heterocycles. The molecule has 5 heteroatoms. The summed E-state index contributed by atoms with van der Waals surface area (Å²) < 4.78 is 1.71. The Bertz CT molecular complexity index is 636. The summed E-state index contributed by atoms with van der Waals surface area (Å²) in [6.45, 7) is 3.14. The van der Waals surface area contributed by atoms with Gasteiger partial charge in [-0.15, -0.1) is 0 Å². The molecule has 0 spiro atoms. The van der Waals surface area contributed by atoms with Crippen molar-refractivity contribution < 1.29 is 9.90 Å². The summed E-state index contributed by atoms with van der Waals surface area (Å²) in [6, 6.07) is 11.5. The third kappa shape index (κ3) is 3.04. The van der Waals surface area contributed by atoms with Crippen LogP contribution >= 0.6 is 0 Å². The number of hydrogen-bond acceptors (Lipinski definition) is 3. The number of para-hydroxylation sites is 1. The maximum Gasteiger partial charge on any atom is 0.274 e. The molecule has 0 bridgehead atoms. The number of benzene rings is 1. The Morgan fingerprint density at radius 2 is 2.09 bits per heavy atom. The lowest BCUT2D eigenvalue weighted by atomic mass is 9.93. The lowest BCUT2D eigenvalue weighted by Gasteiger charge is -2.33. The summed E-state index contributed by atoms with van der Waals surface area (Å²) in [7, 11) is 0. The van der Waals surface area contributed by atoms with Crippen LogP contribution in [0.2, 0.25) is 0 Å². The van der Waals surface area contributed by atoms with Gasteiger partial charge in [-0.3, -0.25) is 4.79 Å². The molecule has 1 aliphatic rings. The molecular weight excluding hydrogens is 278 g/mol. The molecule has 1 fully saturated rings. The van der Waals surface area contributed by atoms with Gasteiger partial charge < -0.3 is 10.0 Å². The summed E-state index contributed by atoms with van der Waals surface area (Å²) in [4.78, 5) is 14.4. The standard InChI is InChI=1S/C17H21N3O2/c1-13(21)14-6-5-10-19(12-14)17(22)16-9-11-20(18-16)15-7-3-2-4-8-15/h2-4,7-9,11,13-14,21H,5-6,10,12H2,1H3. The van der Waals surface area contributed by atoms with Crippen LogP contribution in [0.15, 0.2) is 42.6 Å². The van der Waals surface area contributed by atoms with Crippen LogP contribution in [0.5, 0.6) is 0 Å². The zero-order valence-electron chi connectivity index (χ0n) is 12.7. The minimum atomic E-state index is -0.377.